The molecule has 4 aromatic rings. The highest BCUT2D eigenvalue weighted by Gasteiger charge is 2.19. The van der Waals surface area contributed by atoms with Crippen molar-refractivity contribution in [3.63, 3.8) is 0 Å². The number of hydrogen-bond acceptors (Lipinski definition) is 6. The van der Waals surface area contributed by atoms with E-state index >= 15 is 0 Å². The van der Waals surface area contributed by atoms with Crippen molar-refractivity contribution in [1.29, 1.82) is 0 Å². The lowest BCUT2D eigenvalue weighted by Gasteiger charge is -2.23. The van der Waals surface area contributed by atoms with Gasteiger partial charge in [-0.3, -0.25) is 4.79 Å². The molecule has 0 saturated carbocycles. The largest absolute Gasteiger partial charge is 0.379 e. The van der Waals surface area contributed by atoms with Crippen molar-refractivity contribution < 1.29 is 9.53 Å². The first kappa shape index (κ1) is 20.3. The molecular formula is C24H23N3O2S2. The van der Waals surface area contributed by atoms with Crippen molar-refractivity contribution in [2.75, 3.05) is 13.2 Å². The second-order valence-electron chi connectivity index (χ2n) is 7.81. The lowest BCUT2D eigenvalue weighted by molar-refractivity contribution is 0.0622. The standard InChI is InChI=1S/C24H23N3O2S2/c1-15-25-22(14-31-15)17-6-4-16(5-7-17)11-18-12-21(27-20-8-10-30-23(18)20)24(28)26-19-3-2-9-29-13-19/h4-8,10,12,14,19H,2-3,9,11,13H2,1H3,(H,26,28)/t19-/m0/s1. The number of nitrogens with zero attached hydrogens (tertiary/aromatic N) is 2. The number of thiazole rings is 1. The van der Waals surface area contributed by atoms with Gasteiger partial charge in [-0.15, -0.1) is 22.7 Å². The summed E-state index contributed by atoms with van der Waals surface area (Å²) in [5.74, 6) is -0.126. The van der Waals surface area contributed by atoms with Gasteiger partial charge < -0.3 is 10.1 Å². The van der Waals surface area contributed by atoms with E-state index in [0.717, 1.165) is 57.9 Å². The summed E-state index contributed by atoms with van der Waals surface area (Å²) < 4.78 is 6.62. The van der Waals surface area contributed by atoms with Crippen LogP contribution in [0.1, 0.15) is 39.5 Å². The van der Waals surface area contributed by atoms with Crippen LogP contribution in [0.2, 0.25) is 0 Å². The summed E-state index contributed by atoms with van der Waals surface area (Å²) in [6.07, 6.45) is 2.68. The summed E-state index contributed by atoms with van der Waals surface area (Å²) in [5.41, 5.74) is 5.82. The van der Waals surface area contributed by atoms with Gasteiger partial charge in [-0.05, 0) is 54.8 Å². The van der Waals surface area contributed by atoms with Gasteiger partial charge in [0.2, 0.25) is 0 Å². The summed E-state index contributed by atoms with van der Waals surface area (Å²) in [4.78, 5) is 22.0. The Hall–Kier alpha value is -2.61. The Labute approximate surface area is 189 Å². The molecule has 1 N–H and O–H groups in total. The van der Waals surface area contributed by atoms with Gasteiger partial charge in [-0.2, -0.15) is 0 Å². The summed E-state index contributed by atoms with van der Waals surface area (Å²) in [7, 11) is 0. The van der Waals surface area contributed by atoms with Crippen molar-refractivity contribution >= 4 is 38.8 Å². The van der Waals surface area contributed by atoms with E-state index in [-0.39, 0.29) is 11.9 Å². The Morgan fingerprint density at radius 1 is 1.19 bits per heavy atom. The van der Waals surface area contributed by atoms with Crippen LogP contribution in [-0.4, -0.2) is 35.1 Å². The average molecular weight is 450 g/mol. The molecule has 31 heavy (non-hydrogen) atoms. The van der Waals surface area contributed by atoms with E-state index in [2.05, 4.69) is 44.9 Å². The number of aromatic nitrogens is 2. The summed E-state index contributed by atoms with van der Waals surface area (Å²) in [6, 6.07) is 12.5. The quantitative estimate of drug-likeness (QED) is 0.453. The number of benzene rings is 1. The smallest absolute Gasteiger partial charge is 0.270 e. The lowest BCUT2D eigenvalue weighted by Crippen LogP contribution is -2.40. The molecule has 0 radical (unpaired) electrons. The molecule has 1 atom stereocenters. The van der Waals surface area contributed by atoms with Crippen molar-refractivity contribution in [3.05, 3.63) is 69.0 Å². The normalized spacial score (nSPS) is 16.5. The number of thiophene rings is 1. The van der Waals surface area contributed by atoms with Gasteiger partial charge in [0, 0.05) is 17.6 Å². The van der Waals surface area contributed by atoms with Crippen molar-refractivity contribution in [2.24, 2.45) is 0 Å². The van der Waals surface area contributed by atoms with E-state index < -0.39 is 0 Å². The molecule has 4 heterocycles. The first-order valence-corrected chi connectivity index (χ1v) is 12.2. The first-order valence-electron chi connectivity index (χ1n) is 10.4. The maximum Gasteiger partial charge on any atom is 0.270 e. The minimum atomic E-state index is -0.126. The van der Waals surface area contributed by atoms with Gasteiger partial charge in [0.15, 0.2) is 0 Å². The number of aryl methyl sites for hydroxylation is 1. The third-order valence-corrected chi connectivity index (χ3v) is 7.23. The number of rotatable bonds is 5. The number of nitrogens with one attached hydrogen (secondary N) is 1. The molecule has 0 spiro atoms. The van der Waals surface area contributed by atoms with Gasteiger partial charge in [0.25, 0.3) is 5.91 Å². The molecule has 0 bridgehead atoms. The van der Waals surface area contributed by atoms with E-state index in [1.54, 1.807) is 22.7 Å². The topological polar surface area (TPSA) is 64.1 Å². The van der Waals surface area contributed by atoms with E-state index in [9.17, 15) is 4.79 Å². The SMILES string of the molecule is Cc1nc(-c2ccc(Cc3cc(C(=O)N[C@H]4CCCOC4)nc4ccsc34)cc2)cs1. The van der Waals surface area contributed by atoms with E-state index in [4.69, 9.17) is 4.74 Å². The van der Waals surface area contributed by atoms with E-state index in [0.29, 0.717) is 12.3 Å². The van der Waals surface area contributed by atoms with E-state index in [1.165, 1.54) is 5.56 Å². The van der Waals surface area contributed by atoms with Gasteiger partial charge in [0.1, 0.15) is 5.69 Å². The fourth-order valence-electron chi connectivity index (χ4n) is 3.89. The second kappa shape index (κ2) is 8.86. The number of pyridine rings is 1. The van der Waals surface area contributed by atoms with Crippen molar-refractivity contribution in [1.82, 2.24) is 15.3 Å². The predicted molar refractivity (Wildman–Crippen MR) is 126 cm³/mol. The molecule has 1 saturated heterocycles. The van der Waals surface area contributed by atoms with Crippen LogP contribution in [0.15, 0.2) is 47.2 Å². The number of amides is 1. The molecule has 0 unspecified atom stereocenters. The lowest BCUT2D eigenvalue weighted by atomic mass is 10.0. The van der Waals surface area contributed by atoms with Crippen LogP contribution in [0.3, 0.4) is 0 Å². The Kier molecular flexibility index (Phi) is 5.80. The summed E-state index contributed by atoms with van der Waals surface area (Å²) in [5, 5.41) is 8.27. The Morgan fingerprint density at radius 2 is 2.06 bits per heavy atom. The Bertz CT molecular complexity index is 1210. The number of carbonyl (C=O) groups is 1. The zero-order valence-corrected chi connectivity index (χ0v) is 18.9. The minimum absolute atomic E-state index is 0.0616. The molecule has 1 aliphatic heterocycles. The number of hydrogen-bond donors (Lipinski definition) is 1. The average Bonchev–Trinajstić information content (AvgIpc) is 3.44. The van der Waals surface area contributed by atoms with E-state index in [1.807, 2.05) is 24.4 Å². The molecule has 1 aromatic carbocycles. The number of fused-ring (bicyclic) bond motifs is 1. The molecule has 1 aliphatic rings. The third kappa shape index (κ3) is 4.54. The molecular weight excluding hydrogens is 426 g/mol. The van der Waals surface area contributed by atoms with Crippen LogP contribution in [0.4, 0.5) is 0 Å². The minimum Gasteiger partial charge on any atom is -0.379 e. The van der Waals surface area contributed by atoms with Gasteiger partial charge in [0.05, 0.1) is 33.6 Å². The Morgan fingerprint density at radius 3 is 2.81 bits per heavy atom. The highest BCUT2D eigenvalue weighted by Crippen LogP contribution is 2.28. The molecule has 3 aromatic heterocycles. The van der Waals surface area contributed by atoms with Crippen LogP contribution in [0, 0.1) is 6.92 Å². The molecule has 158 valence electrons. The number of carbonyl (C=O) groups excluding carboxylic acids is 1. The molecule has 1 fully saturated rings. The van der Waals surface area contributed by atoms with Gasteiger partial charge >= 0.3 is 0 Å². The maximum atomic E-state index is 12.9. The van der Waals surface area contributed by atoms with Crippen LogP contribution in [-0.2, 0) is 11.2 Å². The fraction of sp³-hybridized carbons (Fsp3) is 0.292. The van der Waals surface area contributed by atoms with Crippen LogP contribution in [0.5, 0.6) is 0 Å². The molecule has 7 heteroatoms. The van der Waals surface area contributed by atoms with Crippen LogP contribution in [0.25, 0.3) is 21.5 Å². The van der Waals surface area contributed by atoms with Gasteiger partial charge in [-0.25, -0.2) is 9.97 Å². The zero-order chi connectivity index (χ0) is 21.2. The molecule has 5 rings (SSSR count). The third-order valence-electron chi connectivity index (χ3n) is 5.48. The Balaban J connectivity index is 1.38. The second-order valence-corrected chi connectivity index (χ2v) is 9.79. The fourth-order valence-corrected chi connectivity index (χ4v) is 5.37. The van der Waals surface area contributed by atoms with Crippen LogP contribution >= 0.6 is 22.7 Å². The maximum absolute atomic E-state index is 12.9. The van der Waals surface area contributed by atoms with Gasteiger partial charge in [-0.1, -0.05) is 24.3 Å². The monoisotopic (exact) mass is 449 g/mol. The van der Waals surface area contributed by atoms with Crippen molar-refractivity contribution in [2.45, 2.75) is 32.2 Å². The van der Waals surface area contributed by atoms with Crippen molar-refractivity contribution in [3.8, 4) is 11.3 Å². The zero-order valence-electron chi connectivity index (χ0n) is 17.3. The highest BCUT2D eigenvalue weighted by atomic mass is 32.1. The summed E-state index contributed by atoms with van der Waals surface area (Å²) in [6.45, 7) is 3.37. The highest BCUT2D eigenvalue weighted by molar-refractivity contribution is 7.17. The predicted octanol–water partition coefficient (Wildman–Crippen LogP) is 5.23. The first-order chi connectivity index (χ1) is 15.2. The molecule has 1 amide bonds. The van der Waals surface area contributed by atoms with Crippen LogP contribution < -0.4 is 5.32 Å². The molecule has 0 aliphatic carbocycles. The number of ether oxygens (including phenoxy) is 1. The summed E-state index contributed by atoms with van der Waals surface area (Å²) >= 11 is 3.33. The molecule has 5 nitrogen and oxygen atoms in total.